The third kappa shape index (κ3) is 1.60. The van der Waals surface area contributed by atoms with E-state index in [-0.39, 0.29) is 6.04 Å². The Balaban J connectivity index is 1.70. The molecule has 0 saturated heterocycles. The summed E-state index contributed by atoms with van der Waals surface area (Å²) in [6.45, 7) is 2.07. The summed E-state index contributed by atoms with van der Waals surface area (Å²) < 4.78 is 0. The Morgan fingerprint density at radius 1 is 1.22 bits per heavy atom. The first kappa shape index (κ1) is 11.4. The summed E-state index contributed by atoms with van der Waals surface area (Å²) in [6.07, 6.45) is 10.8. The monoisotopic (exact) mass is 262 g/mol. The Morgan fingerprint density at radius 2 is 1.78 bits per heavy atom. The summed E-state index contributed by atoms with van der Waals surface area (Å²) in [6, 6.07) is 0.144. The van der Waals surface area contributed by atoms with E-state index < -0.39 is 0 Å². The van der Waals surface area contributed by atoms with Gasteiger partial charge in [0.05, 0.1) is 5.01 Å². The average Bonchev–Trinajstić information content (AvgIpc) is 2.76. The molecular formula is C15H22N2S. The number of nitrogens with zero attached hydrogens (tertiary/aromatic N) is 1. The van der Waals surface area contributed by atoms with Crippen LogP contribution in [0.1, 0.15) is 61.4 Å². The van der Waals surface area contributed by atoms with E-state index in [4.69, 9.17) is 10.7 Å². The van der Waals surface area contributed by atoms with Crippen molar-refractivity contribution in [3.8, 4) is 0 Å². The largest absolute Gasteiger partial charge is 0.323 e. The van der Waals surface area contributed by atoms with Gasteiger partial charge in [0.2, 0.25) is 0 Å². The summed E-state index contributed by atoms with van der Waals surface area (Å²) in [5.41, 5.74) is 6.44. The van der Waals surface area contributed by atoms with Gasteiger partial charge in [-0.25, -0.2) is 4.98 Å². The molecule has 5 rings (SSSR count). The van der Waals surface area contributed by atoms with Gasteiger partial charge in [-0.3, -0.25) is 0 Å². The molecule has 0 aliphatic heterocycles. The second kappa shape index (κ2) is 3.80. The fraction of sp³-hybridized carbons (Fsp3) is 0.800. The molecule has 1 unspecified atom stereocenters. The molecule has 0 radical (unpaired) electrons. The average molecular weight is 262 g/mol. The molecular weight excluding hydrogens is 240 g/mol. The second-order valence-corrected chi connectivity index (χ2v) is 8.12. The van der Waals surface area contributed by atoms with Crippen LogP contribution >= 0.6 is 11.3 Å². The maximum atomic E-state index is 5.99. The van der Waals surface area contributed by atoms with Crippen molar-refractivity contribution in [1.82, 2.24) is 4.98 Å². The summed E-state index contributed by atoms with van der Waals surface area (Å²) >= 11 is 1.89. The summed E-state index contributed by atoms with van der Waals surface area (Å²) in [5, 5.41) is 1.41. The van der Waals surface area contributed by atoms with Crippen LogP contribution in [0.3, 0.4) is 0 Å². The molecule has 18 heavy (non-hydrogen) atoms. The lowest BCUT2D eigenvalue weighted by Gasteiger charge is -2.56. The highest BCUT2D eigenvalue weighted by Crippen LogP contribution is 2.61. The molecule has 1 aromatic heterocycles. The summed E-state index contributed by atoms with van der Waals surface area (Å²) in [5.74, 6) is 3.00. The van der Waals surface area contributed by atoms with Gasteiger partial charge in [-0.2, -0.15) is 0 Å². The number of nitrogens with two attached hydrogens (primary N) is 1. The van der Waals surface area contributed by atoms with Crippen LogP contribution in [-0.4, -0.2) is 4.98 Å². The van der Waals surface area contributed by atoms with E-state index in [9.17, 15) is 0 Å². The molecule has 98 valence electrons. The quantitative estimate of drug-likeness (QED) is 0.884. The van der Waals surface area contributed by atoms with Crippen LogP contribution in [0.2, 0.25) is 0 Å². The second-order valence-electron chi connectivity index (χ2n) is 7.05. The normalized spacial score (nSPS) is 43.3. The SMILES string of the molecule is CC(N)c1cnc(C23CC4CC(CC(C4)C2)C3)s1. The maximum Gasteiger partial charge on any atom is 0.0990 e. The van der Waals surface area contributed by atoms with Gasteiger partial charge in [-0.05, 0) is 63.2 Å². The smallest absolute Gasteiger partial charge is 0.0990 e. The number of aromatic nitrogens is 1. The van der Waals surface area contributed by atoms with Gasteiger partial charge in [-0.15, -0.1) is 11.3 Å². The first-order chi connectivity index (χ1) is 8.64. The molecule has 4 fully saturated rings. The van der Waals surface area contributed by atoms with Crippen LogP contribution in [0, 0.1) is 17.8 Å². The van der Waals surface area contributed by atoms with E-state index in [0.29, 0.717) is 5.41 Å². The minimum absolute atomic E-state index is 0.144. The van der Waals surface area contributed by atoms with Crippen LogP contribution in [0.5, 0.6) is 0 Å². The lowest BCUT2D eigenvalue weighted by molar-refractivity contribution is -0.00527. The molecule has 4 aliphatic rings. The number of hydrogen-bond donors (Lipinski definition) is 1. The predicted octanol–water partition coefficient (Wildman–Crippen LogP) is 3.63. The van der Waals surface area contributed by atoms with Crippen molar-refractivity contribution < 1.29 is 0 Å². The highest BCUT2D eigenvalue weighted by Gasteiger charge is 2.52. The van der Waals surface area contributed by atoms with E-state index in [1.165, 1.54) is 48.4 Å². The molecule has 4 aliphatic carbocycles. The molecule has 4 bridgehead atoms. The molecule has 1 aromatic rings. The van der Waals surface area contributed by atoms with Gasteiger partial charge in [0.1, 0.15) is 0 Å². The van der Waals surface area contributed by atoms with Crippen LogP contribution in [0.25, 0.3) is 0 Å². The molecule has 4 saturated carbocycles. The first-order valence-electron chi connectivity index (χ1n) is 7.36. The van der Waals surface area contributed by atoms with Crippen LogP contribution in [0.4, 0.5) is 0 Å². The number of rotatable bonds is 2. The Morgan fingerprint density at radius 3 is 2.22 bits per heavy atom. The summed E-state index contributed by atoms with van der Waals surface area (Å²) in [4.78, 5) is 6.03. The lowest BCUT2D eigenvalue weighted by Crippen LogP contribution is -2.48. The zero-order valence-corrected chi connectivity index (χ0v) is 11.9. The minimum atomic E-state index is 0.144. The van der Waals surface area contributed by atoms with Gasteiger partial charge in [0.15, 0.2) is 0 Å². The van der Waals surface area contributed by atoms with Crippen molar-refractivity contribution in [2.45, 2.75) is 56.9 Å². The zero-order valence-electron chi connectivity index (χ0n) is 11.1. The highest BCUT2D eigenvalue weighted by atomic mass is 32.1. The number of hydrogen-bond acceptors (Lipinski definition) is 3. The Bertz CT molecular complexity index is 428. The standard InChI is InChI=1S/C15H22N2S/c1-9(16)13-8-17-14(18-13)15-5-10-2-11(6-15)4-12(3-10)7-15/h8-12H,2-7,16H2,1H3. The van der Waals surface area contributed by atoms with Gasteiger partial charge in [0, 0.05) is 22.5 Å². The van der Waals surface area contributed by atoms with Crippen molar-refractivity contribution in [3.63, 3.8) is 0 Å². The van der Waals surface area contributed by atoms with Gasteiger partial charge in [-0.1, -0.05) is 0 Å². The van der Waals surface area contributed by atoms with Crippen molar-refractivity contribution in [1.29, 1.82) is 0 Å². The maximum absolute atomic E-state index is 5.99. The van der Waals surface area contributed by atoms with Crippen molar-refractivity contribution in [3.05, 3.63) is 16.1 Å². The van der Waals surface area contributed by atoms with E-state index in [1.54, 1.807) is 0 Å². The van der Waals surface area contributed by atoms with Crippen LogP contribution in [-0.2, 0) is 5.41 Å². The van der Waals surface area contributed by atoms with E-state index in [0.717, 1.165) is 17.8 Å². The summed E-state index contributed by atoms with van der Waals surface area (Å²) in [7, 11) is 0. The van der Waals surface area contributed by atoms with E-state index >= 15 is 0 Å². The molecule has 1 atom stereocenters. The van der Waals surface area contributed by atoms with Crippen molar-refractivity contribution in [2.75, 3.05) is 0 Å². The van der Waals surface area contributed by atoms with Crippen LogP contribution < -0.4 is 5.73 Å². The molecule has 2 nitrogen and oxygen atoms in total. The van der Waals surface area contributed by atoms with E-state index in [2.05, 4.69) is 6.92 Å². The van der Waals surface area contributed by atoms with Gasteiger partial charge < -0.3 is 5.73 Å². The fourth-order valence-electron chi connectivity index (χ4n) is 5.11. The molecule has 1 heterocycles. The van der Waals surface area contributed by atoms with Crippen LogP contribution in [0.15, 0.2) is 6.20 Å². The van der Waals surface area contributed by atoms with Gasteiger partial charge >= 0.3 is 0 Å². The van der Waals surface area contributed by atoms with E-state index in [1.807, 2.05) is 17.5 Å². The Hall–Kier alpha value is -0.410. The number of thiazole rings is 1. The predicted molar refractivity (Wildman–Crippen MR) is 74.6 cm³/mol. The molecule has 3 heteroatoms. The molecule has 0 amide bonds. The Kier molecular flexibility index (Phi) is 2.41. The highest BCUT2D eigenvalue weighted by molar-refractivity contribution is 7.11. The van der Waals surface area contributed by atoms with Crippen molar-refractivity contribution in [2.24, 2.45) is 23.5 Å². The molecule has 0 aromatic carbocycles. The molecule has 0 spiro atoms. The third-order valence-corrected chi connectivity index (χ3v) is 6.91. The molecule has 2 N–H and O–H groups in total. The lowest BCUT2D eigenvalue weighted by atomic mass is 9.50. The van der Waals surface area contributed by atoms with Crippen molar-refractivity contribution >= 4 is 11.3 Å². The topological polar surface area (TPSA) is 38.9 Å². The first-order valence-corrected chi connectivity index (χ1v) is 8.18. The minimum Gasteiger partial charge on any atom is -0.323 e. The Labute approximate surface area is 113 Å². The third-order valence-electron chi connectivity index (χ3n) is 5.46. The fourth-order valence-corrected chi connectivity index (χ4v) is 6.20. The zero-order chi connectivity index (χ0) is 12.3. The van der Waals surface area contributed by atoms with Gasteiger partial charge in [0.25, 0.3) is 0 Å².